The highest BCUT2D eigenvalue weighted by molar-refractivity contribution is 6.07. The number of amides is 1. The predicted molar refractivity (Wildman–Crippen MR) is 88.3 cm³/mol. The molecule has 1 amide bonds. The van der Waals surface area contributed by atoms with E-state index < -0.39 is 5.60 Å². The zero-order chi connectivity index (χ0) is 17.3. The summed E-state index contributed by atoms with van der Waals surface area (Å²) in [5, 5.41) is 11.1. The summed E-state index contributed by atoms with van der Waals surface area (Å²) in [7, 11) is 0. The molecule has 0 fully saturated rings. The minimum absolute atomic E-state index is 0.265. The van der Waals surface area contributed by atoms with Gasteiger partial charge in [-0.1, -0.05) is 17.3 Å². The van der Waals surface area contributed by atoms with Crippen LogP contribution in [0.1, 0.15) is 31.5 Å². The van der Waals surface area contributed by atoms with Gasteiger partial charge in [0.1, 0.15) is 11.6 Å². The third-order valence-corrected chi connectivity index (χ3v) is 3.94. The normalized spacial score (nSPS) is 19.8. The average Bonchev–Trinajstić information content (AvgIpc) is 3.11. The molecule has 0 saturated carbocycles. The predicted octanol–water partition coefficient (Wildman–Crippen LogP) is 2.87. The van der Waals surface area contributed by atoms with Gasteiger partial charge in [0.05, 0.1) is 11.4 Å². The first kappa shape index (κ1) is 16.2. The standard InChI is InChI=1S/C17H19FN4O2/c1-4-22-15(8-11(2)20-22)19-16(23)17(3)10-14(21-24-17)12-6-5-7-13(18)9-12/h5-9H,4,10H2,1-3H3,(H,19,23)/t17-/m1/s1. The molecule has 1 aromatic heterocycles. The second-order valence-electron chi connectivity index (χ2n) is 5.99. The van der Waals surface area contributed by atoms with Crippen LogP contribution in [0.15, 0.2) is 35.5 Å². The Morgan fingerprint density at radius 3 is 2.96 bits per heavy atom. The zero-order valence-corrected chi connectivity index (χ0v) is 13.8. The topological polar surface area (TPSA) is 68.5 Å². The summed E-state index contributed by atoms with van der Waals surface area (Å²) >= 11 is 0. The van der Waals surface area contributed by atoms with Gasteiger partial charge in [-0.15, -0.1) is 0 Å². The summed E-state index contributed by atoms with van der Waals surface area (Å²) in [6, 6.07) is 7.88. The van der Waals surface area contributed by atoms with E-state index in [4.69, 9.17) is 4.84 Å². The van der Waals surface area contributed by atoms with Crippen LogP contribution in [0.3, 0.4) is 0 Å². The molecular formula is C17H19FN4O2. The van der Waals surface area contributed by atoms with Crippen molar-refractivity contribution in [3.8, 4) is 0 Å². The third-order valence-electron chi connectivity index (χ3n) is 3.94. The number of halogens is 1. The SMILES string of the molecule is CCn1nc(C)cc1NC(=O)[C@@]1(C)CC(c2cccc(F)c2)=NO1. The number of aryl methyl sites for hydroxylation is 2. The van der Waals surface area contributed by atoms with Crippen molar-refractivity contribution in [3.63, 3.8) is 0 Å². The highest BCUT2D eigenvalue weighted by Crippen LogP contribution is 2.28. The lowest BCUT2D eigenvalue weighted by Gasteiger charge is -2.20. The number of carbonyl (C=O) groups excluding carboxylic acids is 1. The molecule has 0 saturated heterocycles. The van der Waals surface area contributed by atoms with Gasteiger partial charge in [-0.3, -0.25) is 4.79 Å². The maximum atomic E-state index is 13.4. The first-order chi connectivity index (χ1) is 11.4. The molecule has 1 aliphatic heterocycles. The fourth-order valence-electron chi connectivity index (χ4n) is 2.62. The largest absolute Gasteiger partial charge is 0.379 e. The third kappa shape index (κ3) is 3.02. The van der Waals surface area contributed by atoms with Crippen molar-refractivity contribution in [2.75, 3.05) is 5.32 Å². The van der Waals surface area contributed by atoms with Crippen LogP contribution in [0.2, 0.25) is 0 Å². The molecule has 0 bridgehead atoms. The lowest BCUT2D eigenvalue weighted by atomic mass is 9.95. The van der Waals surface area contributed by atoms with E-state index in [1.54, 1.807) is 29.8 Å². The van der Waals surface area contributed by atoms with Gasteiger partial charge < -0.3 is 10.2 Å². The van der Waals surface area contributed by atoms with Crippen molar-refractivity contribution in [1.29, 1.82) is 0 Å². The number of benzene rings is 1. The Bertz CT molecular complexity index is 815. The van der Waals surface area contributed by atoms with Crippen molar-refractivity contribution in [1.82, 2.24) is 9.78 Å². The van der Waals surface area contributed by atoms with Crippen molar-refractivity contribution in [3.05, 3.63) is 47.4 Å². The van der Waals surface area contributed by atoms with Gasteiger partial charge >= 0.3 is 0 Å². The van der Waals surface area contributed by atoms with Crippen molar-refractivity contribution in [2.24, 2.45) is 5.16 Å². The van der Waals surface area contributed by atoms with E-state index >= 15 is 0 Å². The molecule has 0 spiro atoms. The summed E-state index contributed by atoms with van der Waals surface area (Å²) < 4.78 is 15.1. The van der Waals surface area contributed by atoms with E-state index in [9.17, 15) is 9.18 Å². The molecule has 126 valence electrons. The summed E-state index contributed by atoms with van der Waals surface area (Å²) in [5.41, 5.74) is 0.841. The zero-order valence-electron chi connectivity index (χ0n) is 13.8. The smallest absolute Gasteiger partial charge is 0.272 e. The van der Waals surface area contributed by atoms with Crippen molar-refractivity contribution in [2.45, 2.75) is 39.3 Å². The number of anilines is 1. The Morgan fingerprint density at radius 2 is 2.25 bits per heavy atom. The fraction of sp³-hybridized carbons (Fsp3) is 0.353. The molecular weight excluding hydrogens is 311 g/mol. The van der Waals surface area contributed by atoms with E-state index in [1.165, 1.54) is 12.1 Å². The number of rotatable bonds is 4. The van der Waals surface area contributed by atoms with Crippen LogP contribution in [0.4, 0.5) is 10.2 Å². The fourth-order valence-corrected chi connectivity index (χ4v) is 2.62. The molecule has 2 heterocycles. The molecule has 2 aromatic rings. The maximum Gasteiger partial charge on any atom is 0.272 e. The highest BCUT2D eigenvalue weighted by Gasteiger charge is 2.42. The van der Waals surface area contributed by atoms with E-state index in [0.29, 0.717) is 23.6 Å². The molecule has 0 aliphatic carbocycles. The van der Waals surface area contributed by atoms with Crippen LogP contribution >= 0.6 is 0 Å². The first-order valence-corrected chi connectivity index (χ1v) is 7.78. The summed E-state index contributed by atoms with van der Waals surface area (Å²) in [6.07, 6.45) is 0.265. The Labute approximate surface area is 139 Å². The van der Waals surface area contributed by atoms with Crippen LogP contribution < -0.4 is 5.32 Å². The second kappa shape index (κ2) is 6.07. The van der Waals surface area contributed by atoms with Crippen LogP contribution in [0, 0.1) is 12.7 Å². The second-order valence-corrected chi connectivity index (χ2v) is 5.99. The number of carbonyl (C=O) groups is 1. The Kier molecular flexibility index (Phi) is 4.09. The van der Waals surface area contributed by atoms with Gasteiger partial charge in [0.25, 0.3) is 5.91 Å². The number of hydrogen-bond acceptors (Lipinski definition) is 4. The van der Waals surface area contributed by atoms with E-state index in [2.05, 4.69) is 15.6 Å². The Balaban J connectivity index is 1.74. The molecule has 7 heteroatoms. The van der Waals surface area contributed by atoms with Gasteiger partial charge in [-0.05, 0) is 32.9 Å². The van der Waals surface area contributed by atoms with E-state index in [1.807, 2.05) is 13.8 Å². The number of nitrogens with one attached hydrogen (secondary N) is 1. The quantitative estimate of drug-likeness (QED) is 0.937. The lowest BCUT2D eigenvalue weighted by Crippen LogP contribution is -2.40. The van der Waals surface area contributed by atoms with Crippen LogP contribution in [0.5, 0.6) is 0 Å². The van der Waals surface area contributed by atoms with Gasteiger partial charge in [-0.25, -0.2) is 9.07 Å². The van der Waals surface area contributed by atoms with Gasteiger partial charge in [0, 0.05) is 24.6 Å². The molecule has 3 rings (SSSR count). The van der Waals surface area contributed by atoms with Gasteiger partial charge in [0.2, 0.25) is 5.60 Å². The van der Waals surface area contributed by atoms with E-state index in [-0.39, 0.29) is 18.1 Å². The minimum atomic E-state index is -1.14. The number of nitrogens with zero attached hydrogens (tertiary/aromatic N) is 3. The van der Waals surface area contributed by atoms with Gasteiger partial charge in [-0.2, -0.15) is 5.10 Å². The molecule has 1 atom stereocenters. The lowest BCUT2D eigenvalue weighted by molar-refractivity contribution is -0.136. The Hall–Kier alpha value is -2.70. The summed E-state index contributed by atoms with van der Waals surface area (Å²) in [5.74, 6) is -0.0492. The molecule has 0 unspecified atom stereocenters. The minimum Gasteiger partial charge on any atom is -0.379 e. The number of hydrogen-bond donors (Lipinski definition) is 1. The molecule has 1 aliphatic rings. The maximum absolute atomic E-state index is 13.4. The highest BCUT2D eigenvalue weighted by atomic mass is 19.1. The molecule has 1 aromatic carbocycles. The monoisotopic (exact) mass is 330 g/mol. The van der Waals surface area contributed by atoms with Crippen LogP contribution in [0.25, 0.3) is 0 Å². The molecule has 6 nitrogen and oxygen atoms in total. The first-order valence-electron chi connectivity index (χ1n) is 7.78. The molecule has 24 heavy (non-hydrogen) atoms. The van der Waals surface area contributed by atoms with Crippen molar-refractivity contribution < 1.29 is 14.0 Å². The van der Waals surface area contributed by atoms with Gasteiger partial charge in [0.15, 0.2) is 0 Å². The van der Waals surface area contributed by atoms with E-state index in [0.717, 1.165) is 5.69 Å². The molecule has 1 N–H and O–H groups in total. The summed E-state index contributed by atoms with van der Waals surface area (Å²) in [4.78, 5) is 18.0. The van der Waals surface area contributed by atoms with Crippen molar-refractivity contribution >= 4 is 17.4 Å². The summed E-state index contributed by atoms with van der Waals surface area (Å²) in [6.45, 7) is 6.12. The van der Waals surface area contributed by atoms with Crippen LogP contribution in [-0.4, -0.2) is 27.0 Å². The van der Waals surface area contributed by atoms with Crippen LogP contribution in [-0.2, 0) is 16.2 Å². The average molecular weight is 330 g/mol. The number of aromatic nitrogens is 2. The Morgan fingerprint density at radius 1 is 1.46 bits per heavy atom. The number of oxime groups is 1. The molecule has 0 radical (unpaired) electrons.